The van der Waals surface area contributed by atoms with Crippen molar-refractivity contribution in [1.82, 2.24) is 91.1 Å². The van der Waals surface area contributed by atoms with Crippen LogP contribution in [-0.2, 0) is 19.6 Å². The molecular weight excluding hydrogens is 1240 g/mol. The van der Waals surface area contributed by atoms with Crippen molar-refractivity contribution in [3.8, 4) is 0 Å². The van der Waals surface area contributed by atoms with E-state index in [1.807, 2.05) is 36.4 Å². The van der Waals surface area contributed by atoms with Gasteiger partial charge in [0.25, 0.3) is 0 Å². The van der Waals surface area contributed by atoms with Crippen molar-refractivity contribution >= 4 is 87.4 Å². The molecule has 0 radical (unpaired) electrons. The molecule has 9 aromatic heterocycles. The van der Waals surface area contributed by atoms with Gasteiger partial charge >= 0.3 is 0 Å². The Morgan fingerprint density at radius 3 is 1.27 bits per heavy atom. The van der Waals surface area contributed by atoms with Crippen LogP contribution in [0.5, 0.6) is 0 Å². The molecule has 11 heterocycles. The maximum atomic E-state index is 6.11. The van der Waals surface area contributed by atoms with Crippen LogP contribution in [0.2, 0.25) is 15.6 Å². The fourth-order valence-electron chi connectivity index (χ4n) is 9.37. The summed E-state index contributed by atoms with van der Waals surface area (Å²) < 4.78 is 15.7. The van der Waals surface area contributed by atoms with E-state index in [2.05, 4.69) is 179 Å². The number of hydrogen-bond acceptors (Lipinski definition) is 25. The molecule has 0 aromatic carbocycles. The number of H-pyrrole nitrogens is 3. The van der Waals surface area contributed by atoms with E-state index in [1.54, 1.807) is 12.1 Å². The number of aromatic amines is 3. The number of nitrogens with one attached hydrogen (secondary N) is 9. The monoisotopic (exact) mass is 1320 g/mol. The zero-order valence-electron chi connectivity index (χ0n) is 53.3. The summed E-state index contributed by atoms with van der Waals surface area (Å²) in [6, 6.07) is 17.1. The molecule has 0 amide bonds. The fourth-order valence-corrected chi connectivity index (χ4v) is 9.96. The van der Waals surface area contributed by atoms with Gasteiger partial charge in [-0.05, 0) is 82.0 Å². The van der Waals surface area contributed by atoms with Crippen molar-refractivity contribution in [3.05, 3.63) is 122 Å². The third kappa shape index (κ3) is 20.8. The van der Waals surface area contributed by atoms with Gasteiger partial charge in [-0.15, -0.1) is 0 Å². The Labute approximate surface area is 549 Å². The number of halogens is 3. The minimum Gasteiger partial charge on any atom is -0.360 e. The van der Waals surface area contributed by atoms with Crippen LogP contribution in [-0.4, -0.2) is 152 Å². The van der Waals surface area contributed by atoms with E-state index < -0.39 is 0 Å². The molecule has 2 saturated heterocycles. The Balaban J connectivity index is 0.000000137. The Kier molecular flexibility index (Phi) is 23.3. The Morgan fingerprint density at radius 2 is 0.880 bits per heavy atom. The first-order valence-electron chi connectivity index (χ1n) is 31.4. The van der Waals surface area contributed by atoms with E-state index in [-0.39, 0.29) is 5.28 Å². The number of aromatic nitrogens is 15. The summed E-state index contributed by atoms with van der Waals surface area (Å²) in [6.07, 6.45) is 7.36. The highest BCUT2D eigenvalue weighted by molar-refractivity contribution is 6.32. The lowest BCUT2D eigenvalue weighted by Gasteiger charge is -2.33. The standard InChI is InChI=1S/C22H31N9O.C17H20ClN7O.C10H9Cl2N5.C7H12N2O.C5H12N2/c1-14(2)17-10-16(32-29-17)13-23-22-25-19(24-20-11-18(27-28-20)15-4-5-15)12-21(26-22)31-8-6-30(3)7-9-31;1-9(2)12-5-11(26-25-12)8-19-17-20-14(18)7-15(22-17)21-16-6-13(23-24-16)10-3-4-10;11-7-4-8(15-10(12)13-7)14-9-3-6(16-17-9)5-1-2-5;1-5(2)7-3-6(4-8)10-9-7;1-7-4-2-6-3-5-7/h10-12,14-15H,4-9,13H2,1-3H3,(H3,23,24,25,26,27,28);5-7,9-10H,3-4,8H2,1-2H3,(H3,19,20,21,22,23,24);3-5H,1-2H2,(H2,13,14,15,16,17);3,5H,4,8H2,1-2H3;6H,2-5H2,1H3. The van der Waals surface area contributed by atoms with Gasteiger partial charge < -0.3 is 65.9 Å². The predicted molar refractivity (Wildman–Crippen MR) is 357 cm³/mol. The van der Waals surface area contributed by atoms with Gasteiger partial charge in [0.1, 0.15) is 33.6 Å². The van der Waals surface area contributed by atoms with Crippen LogP contribution in [0.1, 0.15) is 167 Å². The number of anilines is 9. The van der Waals surface area contributed by atoms with Gasteiger partial charge in [0.15, 0.2) is 34.7 Å². The topological polar surface area (TPSA) is 349 Å². The van der Waals surface area contributed by atoms with E-state index in [4.69, 9.17) is 59.1 Å². The first kappa shape index (κ1) is 66.9. The van der Waals surface area contributed by atoms with Crippen molar-refractivity contribution in [2.24, 2.45) is 5.73 Å². The van der Waals surface area contributed by atoms with Crippen molar-refractivity contribution < 1.29 is 13.6 Å². The first-order chi connectivity index (χ1) is 44.4. The van der Waals surface area contributed by atoms with Crippen LogP contribution in [0, 0.1) is 0 Å². The second kappa shape index (κ2) is 32.0. The zero-order valence-corrected chi connectivity index (χ0v) is 55.6. The Bertz CT molecular complexity index is 3700. The summed E-state index contributed by atoms with van der Waals surface area (Å²) in [5, 5.41) is 53.9. The van der Waals surface area contributed by atoms with Gasteiger partial charge in [0.2, 0.25) is 17.2 Å². The SMILES string of the molecule is CC(C)c1cc(CN)on1.CC(C)c1cc(CNc2nc(Cl)cc(Nc3cc(C4CC4)[nH]n3)n2)on1.CC(C)c1cc(CNc2nc(Nc3cc(C4CC4)[nH]n3)cc(N3CCN(C)CC3)n2)on1.CN1CCNCC1.Clc1cc(Nc2cc(C3CC3)[nH]n2)nc(Cl)n1. The van der Waals surface area contributed by atoms with E-state index >= 15 is 0 Å². The van der Waals surface area contributed by atoms with Gasteiger partial charge in [0, 0.05) is 142 Å². The van der Waals surface area contributed by atoms with Gasteiger partial charge in [-0.2, -0.15) is 30.2 Å². The maximum Gasteiger partial charge on any atom is 0.227 e. The van der Waals surface area contributed by atoms with Gasteiger partial charge in [0.05, 0.1) is 36.7 Å². The first-order valence-corrected chi connectivity index (χ1v) is 32.5. The van der Waals surface area contributed by atoms with E-state index in [9.17, 15) is 0 Å². The number of nitrogens with zero attached hydrogens (tertiary/aromatic N) is 15. The lowest BCUT2D eigenvalue weighted by molar-refractivity contribution is 0.291. The number of piperazine rings is 2. The summed E-state index contributed by atoms with van der Waals surface area (Å²) in [5.41, 5.74) is 11.7. The molecule has 0 atom stereocenters. The van der Waals surface area contributed by atoms with E-state index in [0.29, 0.717) is 112 Å². The fraction of sp³-hybridized carbons (Fsp3) is 0.508. The average molecular weight is 1320 g/mol. The molecule has 9 aromatic rings. The molecule has 5 aliphatic rings. The normalized spacial score (nSPS) is 15.8. The molecule has 28 nitrogen and oxygen atoms in total. The summed E-state index contributed by atoms with van der Waals surface area (Å²) in [7, 11) is 4.30. The smallest absolute Gasteiger partial charge is 0.227 e. The van der Waals surface area contributed by atoms with Crippen LogP contribution in [0.3, 0.4) is 0 Å². The van der Waals surface area contributed by atoms with Crippen molar-refractivity contribution in [1.29, 1.82) is 0 Å². The summed E-state index contributed by atoms with van der Waals surface area (Å²) in [4.78, 5) is 32.8. The van der Waals surface area contributed by atoms with Gasteiger partial charge in [-0.3, -0.25) is 15.3 Å². The molecule has 92 heavy (non-hydrogen) atoms. The zero-order chi connectivity index (χ0) is 64.7. The summed E-state index contributed by atoms with van der Waals surface area (Å²) in [6.45, 7) is 22.4. The minimum atomic E-state index is 0.109. The van der Waals surface area contributed by atoms with Crippen LogP contribution >= 0.6 is 34.8 Å². The van der Waals surface area contributed by atoms with Crippen molar-refractivity contribution in [2.45, 2.75) is 135 Å². The molecule has 14 rings (SSSR count). The number of nitrogens with two attached hydrogens (primary N) is 1. The lowest BCUT2D eigenvalue weighted by Crippen LogP contribution is -2.44. The highest BCUT2D eigenvalue weighted by Crippen LogP contribution is 2.41. The van der Waals surface area contributed by atoms with Crippen LogP contribution in [0.25, 0.3) is 0 Å². The maximum absolute atomic E-state index is 6.11. The third-order valence-corrected chi connectivity index (χ3v) is 16.0. The van der Waals surface area contributed by atoms with Crippen LogP contribution < -0.4 is 42.5 Å². The van der Waals surface area contributed by atoms with E-state index in [0.717, 1.165) is 90.9 Å². The largest absolute Gasteiger partial charge is 0.360 e. The molecule has 3 saturated carbocycles. The molecule has 3 aliphatic carbocycles. The minimum absolute atomic E-state index is 0.109. The molecule has 2 aliphatic heterocycles. The molecule has 5 fully saturated rings. The Morgan fingerprint density at radius 1 is 0.478 bits per heavy atom. The molecule has 0 spiro atoms. The summed E-state index contributed by atoms with van der Waals surface area (Å²) >= 11 is 17.6. The van der Waals surface area contributed by atoms with Crippen molar-refractivity contribution in [3.63, 3.8) is 0 Å². The Hall–Kier alpha value is -7.99. The molecule has 492 valence electrons. The number of likely N-dealkylation sites (N-methyl/N-ethyl adjacent to an activating group) is 2. The quantitative estimate of drug-likeness (QED) is 0.0250. The number of rotatable bonds is 20. The highest BCUT2D eigenvalue weighted by atomic mass is 35.5. The van der Waals surface area contributed by atoms with Gasteiger partial charge in [-0.1, -0.05) is 80.2 Å². The predicted octanol–water partition coefficient (Wildman–Crippen LogP) is 11.4. The second-order valence-electron chi connectivity index (χ2n) is 24.4. The van der Waals surface area contributed by atoms with Crippen LogP contribution in [0.4, 0.5) is 52.6 Å². The third-order valence-electron chi connectivity index (χ3n) is 15.4. The van der Waals surface area contributed by atoms with E-state index in [1.165, 1.54) is 57.3 Å². The molecular formula is C61H84Cl3N25O3. The van der Waals surface area contributed by atoms with Crippen LogP contribution in [0.15, 0.2) is 68.2 Å². The second-order valence-corrected chi connectivity index (χ2v) is 25.5. The number of hydrogen-bond donors (Lipinski definition) is 10. The summed E-state index contributed by atoms with van der Waals surface area (Å²) in [5.74, 6) is 11.0. The van der Waals surface area contributed by atoms with Crippen molar-refractivity contribution in [2.75, 3.05) is 97.9 Å². The van der Waals surface area contributed by atoms with Gasteiger partial charge in [-0.25, -0.2) is 15.0 Å². The lowest BCUT2D eigenvalue weighted by atomic mass is 10.1. The molecule has 11 N–H and O–H groups in total. The molecule has 0 unspecified atom stereocenters. The highest BCUT2D eigenvalue weighted by Gasteiger charge is 2.28. The molecule has 31 heteroatoms. The average Bonchev–Trinajstić information content (AvgIpc) is 1.77. The molecule has 0 bridgehead atoms.